The van der Waals surface area contributed by atoms with Crippen LogP contribution >= 0.6 is 12.2 Å². The highest BCUT2D eigenvalue weighted by atomic mass is 32.1. The zero-order valence-electron chi connectivity index (χ0n) is 11.6. The Balaban J connectivity index is 2.12. The van der Waals surface area contributed by atoms with Crippen LogP contribution in [0.1, 0.15) is 16.7 Å². The lowest BCUT2D eigenvalue weighted by molar-refractivity contribution is 0.308. The summed E-state index contributed by atoms with van der Waals surface area (Å²) in [6.07, 6.45) is 0. The van der Waals surface area contributed by atoms with Crippen LogP contribution in [0, 0.1) is 11.6 Å². The molecule has 2 rings (SSSR count). The molecule has 0 atom stereocenters. The number of rotatable bonds is 5. The van der Waals surface area contributed by atoms with Crippen LogP contribution < -0.4 is 5.73 Å². The maximum Gasteiger partial charge on any atom is 0.127 e. The zero-order chi connectivity index (χ0) is 15.4. The molecule has 0 spiro atoms. The second-order valence-electron chi connectivity index (χ2n) is 4.93. The van der Waals surface area contributed by atoms with E-state index >= 15 is 0 Å². The Morgan fingerprint density at radius 3 is 2.33 bits per heavy atom. The van der Waals surface area contributed by atoms with E-state index in [2.05, 4.69) is 0 Å². The van der Waals surface area contributed by atoms with E-state index in [1.54, 1.807) is 37.4 Å². The van der Waals surface area contributed by atoms with Gasteiger partial charge in [0.05, 0.1) is 0 Å². The molecular weight excluding hydrogens is 290 g/mol. The first-order valence-corrected chi connectivity index (χ1v) is 6.88. The van der Waals surface area contributed by atoms with Crippen LogP contribution in [-0.4, -0.2) is 16.9 Å². The smallest absolute Gasteiger partial charge is 0.127 e. The normalized spacial score (nSPS) is 10.9. The molecule has 0 saturated heterocycles. The minimum absolute atomic E-state index is 0.230. The number of hydrogen-bond donors (Lipinski definition) is 1. The zero-order valence-corrected chi connectivity index (χ0v) is 12.5. The molecule has 0 unspecified atom stereocenters. The van der Waals surface area contributed by atoms with E-state index in [1.165, 1.54) is 12.1 Å². The second-order valence-corrected chi connectivity index (χ2v) is 5.37. The van der Waals surface area contributed by atoms with Crippen molar-refractivity contribution in [3.63, 3.8) is 0 Å². The summed E-state index contributed by atoms with van der Waals surface area (Å²) in [5.74, 6) is -0.586. The van der Waals surface area contributed by atoms with Crippen molar-refractivity contribution in [2.75, 3.05) is 7.05 Å². The van der Waals surface area contributed by atoms with Crippen LogP contribution in [0.3, 0.4) is 0 Å². The molecule has 21 heavy (non-hydrogen) atoms. The molecule has 0 heterocycles. The molecule has 0 aliphatic rings. The standard InChI is InChI=1S/C16H16F2N2S/c1-20(9-12-4-2-3-5-14(12)17)10-13-8-11(16(19)21)6-7-15(13)18/h2-8H,9-10H2,1H3,(H2,19,21). The van der Waals surface area contributed by atoms with Gasteiger partial charge in [-0.1, -0.05) is 30.4 Å². The molecular formula is C16H16F2N2S. The monoisotopic (exact) mass is 306 g/mol. The lowest BCUT2D eigenvalue weighted by Gasteiger charge is -2.18. The van der Waals surface area contributed by atoms with Gasteiger partial charge in [-0.3, -0.25) is 4.90 Å². The average molecular weight is 306 g/mol. The van der Waals surface area contributed by atoms with Crippen LogP contribution in [0.5, 0.6) is 0 Å². The van der Waals surface area contributed by atoms with Crippen LogP contribution in [-0.2, 0) is 13.1 Å². The molecule has 110 valence electrons. The highest BCUT2D eigenvalue weighted by Crippen LogP contribution is 2.15. The van der Waals surface area contributed by atoms with E-state index < -0.39 is 0 Å². The molecule has 5 heteroatoms. The van der Waals surface area contributed by atoms with Crippen molar-refractivity contribution in [2.24, 2.45) is 5.73 Å². The minimum Gasteiger partial charge on any atom is -0.389 e. The predicted molar refractivity (Wildman–Crippen MR) is 83.9 cm³/mol. The summed E-state index contributed by atoms with van der Waals surface area (Å²) in [5.41, 5.74) is 7.24. The topological polar surface area (TPSA) is 29.3 Å². The molecule has 0 aliphatic carbocycles. The summed E-state index contributed by atoms with van der Waals surface area (Å²) < 4.78 is 27.4. The second kappa shape index (κ2) is 6.74. The summed E-state index contributed by atoms with van der Waals surface area (Å²) in [4.78, 5) is 2.06. The van der Waals surface area contributed by atoms with Gasteiger partial charge in [0.1, 0.15) is 16.6 Å². The summed E-state index contributed by atoms with van der Waals surface area (Å²) >= 11 is 4.89. The van der Waals surface area contributed by atoms with Gasteiger partial charge in [0, 0.05) is 29.8 Å². The molecule has 0 aliphatic heterocycles. The van der Waals surface area contributed by atoms with Gasteiger partial charge in [0.25, 0.3) is 0 Å². The third-order valence-corrected chi connectivity index (χ3v) is 3.40. The molecule has 2 aromatic rings. The third-order valence-electron chi connectivity index (χ3n) is 3.17. The molecule has 0 fully saturated rings. The quantitative estimate of drug-likeness (QED) is 0.860. The van der Waals surface area contributed by atoms with E-state index in [4.69, 9.17) is 18.0 Å². The maximum absolute atomic E-state index is 13.8. The van der Waals surface area contributed by atoms with Gasteiger partial charge in [-0.15, -0.1) is 0 Å². The first-order chi connectivity index (χ1) is 9.97. The maximum atomic E-state index is 13.8. The van der Waals surface area contributed by atoms with Crippen molar-refractivity contribution in [1.29, 1.82) is 0 Å². The van der Waals surface area contributed by atoms with Gasteiger partial charge >= 0.3 is 0 Å². The summed E-state index contributed by atoms with van der Waals surface area (Å²) in [7, 11) is 1.80. The number of hydrogen-bond acceptors (Lipinski definition) is 2. The number of nitrogens with zero attached hydrogens (tertiary/aromatic N) is 1. The summed E-state index contributed by atoms with van der Waals surface area (Å²) in [6.45, 7) is 0.736. The average Bonchev–Trinajstić information content (AvgIpc) is 2.43. The first kappa shape index (κ1) is 15.5. The number of nitrogens with two attached hydrogens (primary N) is 1. The Morgan fingerprint density at radius 1 is 1.05 bits per heavy atom. The van der Waals surface area contributed by atoms with Crippen LogP contribution in [0.15, 0.2) is 42.5 Å². The summed E-state index contributed by atoms with van der Waals surface area (Å²) in [6, 6.07) is 11.1. The lowest BCUT2D eigenvalue weighted by atomic mass is 10.1. The SMILES string of the molecule is CN(Cc1ccccc1F)Cc1cc(C(N)=S)ccc1F. The first-order valence-electron chi connectivity index (χ1n) is 6.47. The van der Waals surface area contributed by atoms with Gasteiger partial charge in [0.15, 0.2) is 0 Å². The van der Waals surface area contributed by atoms with Crippen LogP contribution in [0.25, 0.3) is 0 Å². The molecule has 0 saturated carbocycles. The van der Waals surface area contributed by atoms with E-state index in [0.717, 1.165) is 0 Å². The Morgan fingerprint density at radius 2 is 1.67 bits per heavy atom. The third kappa shape index (κ3) is 4.06. The largest absolute Gasteiger partial charge is 0.389 e. The van der Waals surface area contributed by atoms with E-state index in [0.29, 0.717) is 29.8 Å². The summed E-state index contributed by atoms with van der Waals surface area (Å²) in [5, 5.41) is 0. The Kier molecular flexibility index (Phi) is 4.98. The van der Waals surface area contributed by atoms with Crippen molar-refractivity contribution in [3.05, 3.63) is 70.8 Å². The molecule has 0 radical (unpaired) electrons. The van der Waals surface area contributed by atoms with Gasteiger partial charge in [0.2, 0.25) is 0 Å². The van der Waals surface area contributed by atoms with Crippen molar-refractivity contribution in [2.45, 2.75) is 13.1 Å². The van der Waals surface area contributed by atoms with Gasteiger partial charge < -0.3 is 5.73 Å². The highest BCUT2D eigenvalue weighted by Gasteiger charge is 2.10. The molecule has 2 N–H and O–H groups in total. The van der Waals surface area contributed by atoms with Gasteiger partial charge in [-0.25, -0.2) is 8.78 Å². The Bertz CT molecular complexity index is 658. The number of thiocarbonyl (C=S) groups is 1. The van der Waals surface area contributed by atoms with Gasteiger partial charge in [-0.05, 0) is 31.3 Å². The lowest BCUT2D eigenvalue weighted by Crippen LogP contribution is -2.19. The fourth-order valence-electron chi connectivity index (χ4n) is 2.11. The van der Waals surface area contributed by atoms with Gasteiger partial charge in [-0.2, -0.15) is 0 Å². The van der Waals surface area contributed by atoms with E-state index in [-0.39, 0.29) is 16.6 Å². The van der Waals surface area contributed by atoms with E-state index in [1.807, 2.05) is 4.90 Å². The van der Waals surface area contributed by atoms with Crippen LogP contribution in [0.2, 0.25) is 0 Å². The van der Waals surface area contributed by atoms with Crippen molar-refractivity contribution in [1.82, 2.24) is 4.90 Å². The van der Waals surface area contributed by atoms with Crippen molar-refractivity contribution >= 4 is 17.2 Å². The van der Waals surface area contributed by atoms with Crippen LogP contribution in [0.4, 0.5) is 8.78 Å². The number of benzene rings is 2. The minimum atomic E-state index is -0.324. The Labute approximate surface area is 128 Å². The number of halogens is 2. The van der Waals surface area contributed by atoms with Crippen molar-refractivity contribution in [3.8, 4) is 0 Å². The molecule has 2 nitrogen and oxygen atoms in total. The predicted octanol–water partition coefficient (Wildman–Crippen LogP) is 3.23. The van der Waals surface area contributed by atoms with E-state index in [9.17, 15) is 8.78 Å². The molecule has 0 amide bonds. The Hall–Kier alpha value is -1.85. The molecule has 0 bridgehead atoms. The fourth-order valence-corrected chi connectivity index (χ4v) is 2.24. The highest BCUT2D eigenvalue weighted by molar-refractivity contribution is 7.80. The fraction of sp³-hybridized carbons (Fsp3) is 0.188. The molecule has 2 aromatic carbocycles. The molecule has 0 aromatic heterocycles. The van der Waals surface area contributed by atoms with Crippen molar-refractivity contribution < 1.29 is 8.78 Å².